The summed E-state index contributed by atoms with van der Waals surface area (Å²) in [5.74, 6) is -3.64. The van der Waals surface area contributed by atoms with Gasteiger partial charge in [0, 0.05) is 11.6 Å². The van der Waals surface area contributed by atoms with Crippen LogP contribution in [-0.4, -0.2) is 23.3 Å². The minimum absolute atomic E-state index is 0.0804. The molecule has 2 aromatic carbocycles. The number of ether oxygens (including phenoxy) is 1. The zero-order chi connectivity index (χ0) is 17.9. The first-order chi connectivity index (χ1) is 11.3. The Morgan fingerprint density at radius 1 is 1.17 bits per heavy atom. The van der Waals surface area contributed by atoms with Crippen LogP contribution in [0.2, 0.25) is 0 Å². The summed E-state index contributed by atoms with van der Waals surface area (Å²) >= 11 is 0. The van der Waals surface area contributed by atoms with Gasteiger partial charge in [-0.3, -0.25) is 14.9 Å². The minimum atomic E-state index is -0.971. The molecule has 0 amide bonds. The van der Waals surface area contributed by atoms with E-state index >= 15 is 0 Å². The number of benzene rings is 2. The van der Waals surface area contributed by atoms with E-state index in [1.54, 1.807) is 0 Å². The van der Waals surface area contributed by atoms with Crippen molar-refractivity contribution in [3.8, 4) is 0 Å². The van der Waals surface area contributed by atoms with Crippen LogP contribution in [0.25, 0.3) is 0 Å². The van der Waals surface area contributed by atoms with Gasteiger partial charge in [-0.15, -0.1) is 0 Å². The number of esters is 1. The van der Waals surface area contributed by atoms with Crippen molar-refractivity contribution >= 4 is 17.4 Å². The Balaban J connectivity index is 2.14. The second-order valence-corrected chi connectivity index (χ2v) is 4.83. The summed E-state index contributed by atoms with van der Waals surface area (Å²) in [5.41, 5.74) is -0.820. The standard InChI is InChI=1S/C16H11F2NO5/c1-9-11(3-2-4-14(9)19(22)23)16(21)24-8-15(20)12-7-10(17)5-6-13(12)18/h2-7H,8H2,1H3. The molecule has 0 aliphatic rings. The molecule has 24 heavy (non-hydrogen) atoms. The quantitative estimate of drug-likeness (QED) is 0.362. The van der Waals surface area contributed by atoms with Crippen LogP contribution in [0.1, 0.15) is 26.3 Å². The predicted molar refractivity (Wildman–Crippen MR) is 78.8 cm³/mol. The molecule has 0 saturated heterocycles. The number of hydrogen-bond acceptors (Lipinski definition) is 5. The predicted octanol–water partition coefficient (Wildman–Crippen LogP) is 3.22. The highest BCUT2D eigenvalue weighted by Gasteiger charge is 2.21. The highest BCUT2D eigenvalue weighted by Crippen LogP contribution is 2.21. The van der Waals surface area contributed by atoms with Crippen LogP contribution in [0, 0.1) is 28.7 Å². The van der Waals surface area contributed by atoms with Crippen LogP contribution in [0.5, 0.6) is 0 Å². The van der Waals surface area contributed by atoms with Gasteiger partial charge in [0.15, 0.2) is 6.61 Å². The minimum Gasteiger partial charge on any atom is -0.454 e. The van der Waals surface area contributed by atoms with Crippen molar-refractivity contribution in [2.24, 2.45) is 0 Å². The summed E-state index contributed by atoms with van der Waals surface area (Å²) in [6.45, 7) is 0.546. The molecular weight excluding hydrogens is 324 g/mol. The average molecular weight is 335 g/mol. The highest BCUT2D eigenvalue weighted by molar-refractivity contribution is 6.00. The fraction of sp³-hybridized carbons (Fsp3) is 0.125. The maximum Gasteiger partial charge on any atom is 0.339 e. The van der Waals surface area contributed by atoms with Gasteiger partial charge in [-0.2, -0.15) is 0 Å². The van der Waals surface area contributed by atoms with E-state index in [9.17, 15) is 28.5 Å². The number of rotatable bonds is 5. The molecule has 0 atom stereocenters. The Morgan fingerprint density at radius 3 is 2.54 bits per heavy atom. The van der Waals surface area contributed by atoms with Crippen molar-refractivity contribution in [3.63, 3.8) is 0 Å². The first-order valence-corrected chi connectivity index (χ1v) is 6.70. The first kappa shape index (κ1) is 17.2. The molecule has 0 spiro atoms. The highest BCUT2D eigenvalue weighted by atomic mass is 19.1. The lowest BCUT2D eigenvalue weighted by Gasteiger charge is -2.07. The molecule has 0 aliphatic heterocycles. The summed E-state index contributed by atoms with van der Waals surface area (Å²) in [6, 6.07) is 6.16. The Labute approximate surface area is 134 Å². The third kappa shape index (κ3) is 3.60. The molecule has 0 aromatic heterocycles. The van der Waals surface area contributed by atoms with Crippen LogP contribution in [-0.2, 0) is 4.74 Å². The van der Waals surface area contributed by atoms with E-state index in [0.29, 0.717) is 6.07 Å². The molecule has 0 N–H and O–H groups in total. The van der Waals surface area contributed by atoms with Crippen molar-refractivity contribution in [1.29, 1.82) is 0 Å². The Hall–Kier alpha value is -3.16. The summed E-state index contributed by atoms with van der Waals surface area (Å²) in [7, 11) is 0. The second-order valence-electron chi connectivity index (χ2n) is 4.83. The number of nitrogens with zero attached hydrogens (tertiary/aromatic N) is 1. The van der Waals surface area contributed by atoms with E-state index < -0.39 is 40.5 Å². The van der Waals surface area contributed by atoms with Gasteiger partial charge in [-0.25, -0.2) is 13.6 Å². The average Bonchev–Trinajstić information content (AvgIpc) is 2.54. The van der Waals surface area contributed by atoms with Crippen molar-refractivity contribution in [2.45, 2.75) is 6.92 Å². The van der Waals surface area contributed by atoms with Crippen LogP contribution in [0.4, 0.5) is 14.5 Å². The SMILES string of the molecule is Cc1c(C(=O)OCC(=O)c2cc(F)ccc2F)cccc1[N+](=O)[O-]. The Bertz CT molecular complexity index is 835. The van der Waals surface area contributed by atoms with Gasteiger partial charge in [0.05, 0.1) is 16.1 Å². The third-order valence-corrected chi connectivity index (χ3v) is 3.28. The fourth-order valence-corrected chi connectivity index (χ4v) is 2.04. The number of ketones is 1. The zero-order valence-corrected chi connectivity index (χ0v) is 12.4. The normalized spacial score (nSPS) is 10.3. The maximum absolute atomic E-state index is 13.5. The van der Waals surface area contributed by atoms with Crippen LogP contribution in [0.15, 0.2) is 36.4 Å². The van der Waals surface area contributed by atoms with Crippen molar-refractivity contribution in [1.82, 2.24) is 0 Å². The zero-order valence-electron chi connectivity index (χ0n) is 12.4. The number of carbonyl (C=O) groups excluding carboxylic acids is 2. The van der Waals surface area contributed by atoms with E-state index in [1.807, 2.05) is 0 Å². The molecule has 124 valence electrons. The van der Waals surface area contributed by atoms with Gasteiger partial charge in [0.2, 0.25) is 5.78 Å². The number of nitro benzene ring substituents is 1. The molecule has 2 aromatic rings. The molecule has 2 rings (SSSR count). The van der Waals surface area contributed by atoms with Crippen molar-refractivity contribution < 1.29 is 28.0 Å². The molecule has 6 nitrogen and oxygen atoms in total. The molecule has 0 fully saturated rings. The second kappa shape index (κ2) is 6.95. The van der Waals surface area contributed by atoms with Crippen LogP contribution in [0.3, 0.4) is 0 Å². The van der Waals surface area contributed by atoms with Gasteiger partial charge in [0.1, 0.15) is 11.6 Å². The molecule has 0 saturated carbocycles. The van der Waals surface area contributed by atoms with E-state index in [0.717, 1.165) is 12.1 Å². The summed E-state index contributed by atoms with van der Waals surface area (Å²) in [6.07, 6.45) is 0. The van der Waals surface area contributed by atoms with E-state index in [2.05, 4.69) is 0 Å². The smallest absolute Gasteiger partial charge is 0.339 e. The van der Waals surface area contributed by atoms with Crippen LogP contribution >= 0.6 is 0 Å². The molecule has 0 heterocycles. The van der Waals surface area contributed by atoms with E-state index in [-0.39, 0.29) is 16.8 Å². The topological polar surface area (TPSA) is 86.5 Å². The van der Waals surface area contributed by atoms with Gasteiger partial charge < -0.3 is 4.74 Å². The molecule has 8 heteroatoms. The van der Waals surface area contributed by atoms with Gasteiger partial charge in [-0.1, -0.05) is 6.07 Å². The van der Waals surface area contributed by atoms with Gasteiger partial charge in [0.25, 0.3) is 5.69 Å². The number of carbonyl (C=O) groups is 2. The number of halogens is 2. The molecule has 0 unspecified atom stereocenters. The van der Waals surface area contributed by atoms with Crippen molar-refractivity contribution in [3.05, 3.63) is 74.8 Å². The summed E-state index contributed by atoms with van der Waals surface area (Å²) in [5, 5.41) is 10.8. The summed E-state index contributed by atoms with van der Waals surface area (Å²) < 4.78 is 31.3. The lowest BCUT2D eigenvalue weighted by Crippen LogP contribution is -2.16. The third-order valence-electron chi connectivity index (χ3n) is 3.28. The number of hydrogen-bond donors (Lipinski definition) is 0. The molecular formula is C16H11F2NO5. The fourth-order valence-electron chi connectivity index (χ4n) is 2.04. The summed E-state index contributed by atoms with van der Waals surface area (Å²) in [4.78, 5) is 34.0. The Morgan fingerprint density at radius 2 is 1.88 bits per heavy atom. The largest absolute Gasteiger partial charge is 0.454 e. The maximum atomic E-state index is 13.5. The molecule has 0 bridgehead atoms. The lowest BCUT2D eigenvalue weighted by atomic mass is 10.1. The number of nitro groups is 1. The van der Waals surface area contributed by atoms with Gasteiger partial charge >= 0.3 is 5.97 Å². The first-order valence-electron chi connectivity index (χ1n) is 6.70. The Kier molecular flexibility index (Phi) is 4.98. The van der Waals surface area contributed by atoms with Crippen molar-refractivity contribution in [2.75, 3.05) is 6.61 Å². The monoisotopic (exact) mass is 335 g/mol. The lowest BCUT2D eigenvalue weighted by molar-refractivity contribution is -0.385. The van der Waals surface area contributed by atoms with Gasteiger partial charge in [-0.05, 0) is 31.2 Å². The van der Waals surface area contributed by atoms with E-state index in [1.165, 1.54) is 25.1 Å². The molecule has 0 aliphatic carbocycles. The molecule has 0 radical (unpaired) electrons. The van der Waals surface area contributed by atoms with Crippen LogP contribution < -0.4 is 0 Å². The van der Waals surface area contributed by atoms with E-state index in [4.69, 9.17) is 4.74 Å². The number of Topliss-reactive ketones (excluding diaryl/α,β-unsaturated/α-hetero) is 1.